The van der Waals surface area contributed by atoms with Gasteiger partial charge in [-0.1, -0.05) is 6.07 Å². The van der Waals surface area contributed by atoms with Crippen molar-refractivity contribution >= 4 is 11.6 Å². The van der Waals surface area contributed by atoms with Crippen molar-refractivity contribution in [1.29, 1.82) is 0 Å². The van der Waals surface area contributed by atoms with E-state index in [0.717, 1.165) is 30.5 Å². The summed E-state index contributed by atoms with van der Waals surface area (Å²) in [6, 6.07) is 4.06. The van der Waals surface area contributed by atoms with Gasteiger partial charge in [0.2, 0.25) is 0 Å². The first-order valence-electron chi connectivity index (χ1n) is 7.46. The smallest absolute Gasteiger partial charge is 0.271 e. The molecule has 2 N–H and O–H groups in total. The lowest BCUT2D eigenvalue weighted by Gasteiger charge is -2.22. The molecule has 0 spiro atoms. The Labute approximate surface area is 127 Å². The molecule has 6 nitrogen and oxygen atoms in total. The summed E-state index contributed by atoms with van der Waals surface area (Å²) in [4.78, 5) is 16.8. The van der Waals surface area contributed by atoms with Gasteiger partial charge in [-0.2, -0.15) is 5.10 Å². The molecule has 0 fully saturated rings. The van der Waals surface area contributed by atoms with Crippen molar-refractivity contribution in [3.63, 3.8) is 0 Å². The van der Waals surface area contributed by atoms with Crippen LogP contribution < -0.4 is 5.32 Å². The first-order valence-corrected chi connectivity index (χ1v) is 7.46. The molecule has 22 heavy (non-hydrogen) atoms. The molecule has 3 heterocycles. The van der Waals surface area contributed by atoms with Crippen LogP contribution in [-0.4, -0.2) is 31.5 Å². The zero-order valence-corrected chi connectivity index (χ0v) is 12.3. The van der Waals surface area contributed by atoms with E-state index in [2.05, 4.69) is 20.5 Å². The van der Waals surface area contributed by atoms with Crippen molar-refractivity contribution in [3.05, 3.63) is 53.2 Å². The van der Waals surface area contributed by atoms with E-state index in [9.17, 15) is 4.79 Å². The number of hydrogen-bond acceptors (Lipinski definition) is 3. The van der Waals surface area contributed by atoms with Crippen LogP contribution in [-0.2, 0) is 12.8 Å². The summed E-state index contributed by atoms with van der Waals surface area (Å²) in [5, 5.41) is 10.2. The number of aryl methyl sites for hydroxylation is 2. The van der Waals surface area contributed by atoms with Gasteiger partial charge >= 0.3 is 0 Å². The predicted octanol–water partition coefficient (Wildman–Crippen LogP) is 1.65. The van der Waals surface area contributed by atoms with Crippen LogP contribution in [0.4, 0.5) is 0 Å². The van der Waals surface area contributed by atoms with Crippen LogP contribution in [0.25, 0.3) is 5.65 Å². The minimum Gasteiger partial charge on any atom is -0.348 e. The van der Waals surface area contributed by atoms with Crippen LogP contribution in [0.5, 0.6) is 0 Å². The highest BCUT2D eigenvalue weighted by atomic mass is 16.2. The van der Waals surface area contributed by atoms with Crippen molar-refractivity contribution in [1.82, 2.24) is 24.9 Å². The lowest BCUT2D eigenvalue weighted by atomic mass is 9.93. The quantitative estimate of drug-likeness (QED) is 0.755. The molecule has 0 saturated heterocycles. The standard InChI is InChI=1S/C16H17N5O/c1-10-2-5-15-19-14(9-21(15)8-10)16(22)18-12-3-4-13-11(6-12)7-17-20-13/h2,5,7-9,12H,3-4,6H2,1H3,(H,17,20)(H,18,22)/t12-/m1/s1. The average Bonchev–Trinajstić information content (AvgIpc) is 3.12. The predicted molar refractivity (Wildman–Crippen MR) is 81.8 cm³/mol. The Bertz CT molecular complexity index is 847. The fraction of sp³-hybridized carbons (Fsp3) is 0.312. The Balaban J connectivity index is 1.52. The second-order valence-corrected chi connectivity index (χ2v) is 5.89. The molecule has 1 aliphatic carbocycles. The minimum absolute atomic E-state index is 0.113. The molecule has 0 bridgehead atoms. The van der Waals surface area contributed by atoms with Crippen LogP contribution >= 0.6 is 0 Å². The van der Waals surface area contributed by atoms with E-state index in [1.165, 1.54) is 11.3 Å². The normalized spacial score (nSPS) is 17.4. The number of nitrogens with one attached hydrogen (secondary N) is 2. The second-order valence-electron chi connectivity index (χ2n) is 5.89. The fourth-order valence-electron chi connectivity index (χ4n) is 3.01. The molecule has 4 rings (SSSR count). The number of hydrogen-bond donors (Lipinski definition) is 2. The maximum absolute atomic E-state index is 12.4. The number of carbonyl (C=O) groups is 1. The van der Waals surface area contributed by atoms with Gasteiger partial charge in [0.25, 0.3) is 5.91 Å². The second kappa shape index (κ2) is 4.98. The maximum Gasteiger partial charge on any atom is 0.271 e. The summed E-state index contributed by atoms with van der Waals surface area (Å²) in [5.41, 5.74) is 4.77. The Morgan fingerprint density at radius 1 is 1.41 bits per heavy atom. The Morgan fingerprint density at radius 3 is 3.23 bits per heavy atom. The van der Waals surface area contributed by atoms with Gasteiger partial charge in [0.1, 0.15) is 11.3 Å². The van der Waals surface area contributed by atoms with E-state index in [0.29, 0.717) is 5.69 Å². The van der Waals surface area contributed by atoms with Crippen molar-refractivity contribution in [2.45, 2.75) is 32.2 Å². The summed E-state index contributed by atoms with van der Waals surface area (Å²) in [5.74, 6) is -0.113. The molecule has 0 radical (unpaired) electrons. The maximum atomic E-state index is 12.4. The first-order chi connectivity index (χ1) is 10.7. The van der Waals surface area contributed by atoms with Gasteiger partial charge in [-0.25, -0.2) is 4.98 Å². The van der Waals surface area contributed by atoms with E-state index in [4.69, 9.17) is 0 Å². The number of pyridine rings is 1. The van der Waals surface area contributed by atoms with Crippen LogP contribution in [0.3, 0.4) is 0 Å². The summed E-state index contributed by atoms with van der Waals surface area (Å²) in [6.07, 6.45) is 8.27. The van der Waals surface area contributed by atoms with E-state index in [1.807, 2.05) is 35.9 Å². The summed E-state index contributed by atoms with van der Waals surface area (Å²) in [7, 11) is 0. The molecule has 3 aromatic rings. The highest BCUT2D eigenvalue weighted by Gasteiger charge is 2.22. The minimum atomic E-state index is -0.113. The van der Waals surface area contributed by atoms with Crippen molar-refractivity contribution in [2.75, 3.05) is 0 Å². The van der Waals surface area contributed by atoms with Crippen LogP contribution in [0, 0.1) is 6.92 Å². The topological polar surface area (TPSA) is 75.1 Å². The average molecular weight is 295 g/mol. The number of rotatable bonds is 2. The van der Waals surface area contributed by atoms with Crippen LogP contribution in [0.2, 0.25) is 0 Å². The van der Waals surface area contributed by atoms with Crippen molar-refractivity contribution in [3.8, 4) is 0 Å². The van der Waals surface area contributed by atoms with Crippen molar-refractivity contribution < 1.29 is 4.79 Å². The van der Waals surface area contributed by atoms with Gasteiger partial charge in [0, 0.05) is 24.1 Å². The Kier molecular flexibility index (Phi) is 2.96. The third-order valence-corrected chi connectivity index (χ3v) is 4.18. The van der Waals surface area contributed by atoms with Gasteiger partial charge in [0.15, 0.2) is 0 Å². The van der Waals surface area contributed by atoms with E-state index in [-0.39, 0.29) is 11.9 Å². The van der Waals surface area contributed by atoms with Gasteiger partial charge in [-0.05, 0) is 43.4 Å². The molecule has 1 atom stereocenters. The van der Waals surface area contributed by atoms with Gasteiger partial charge in [-0.3, -0.25) is 9.89 Å². The molecule has 0 aliphatic heterocycles. The molecule has 1 aliphatic rings. The molecule has 0 saturated carbocycles. The number of fused-ring (bicyclic) bond motifs is 2. The molecule has 6 heteroatoms. The lowest BCUT2D eigenvalue weighted by molar-refractivity contribution is 0.0929. The first kappa shape index (κ1) is 13.1. The number of imidazole rings is 1. The fourth-order valence-corrected chi connectivity index (χ4v) is 3.01. The molecule has 3 aromatic heterocycles. The molecule has 0 aromatic carbocycles. The SMILES string of the molecule is Cc1ccc2nc(C(=O)N[C@@H]3CCc4[nH]ncc4C3)cn2c1. The Morgan fingerprint density at radius 2 is 2.32 bits per heavy atom. The van der Waals surface area contributed by atoms with Gasteiger partial charge in [0.05, 0.1) is 6.20 Å². The van der Waals surface area contributed by atoms with Crippen molar-refractivity contribution in [2.24, 2.45) is 0 Å². The third-order valence-electron chi connectivity index (χ3n) is 4.18. The summed E-state index contributed by atoms with van der Waals surface area (Å²) < 4.78 is 1.89. The molecule has 112 valence electrons. The van der Waals surface area contributed by atoms with E-state index >= 15 is 0 Å². The van der Waals surface area contributed by atoms with Crippen LogP contribution in [0.15, 0.2) is 30.7 Å². The summed E-state index contributed by atoms with van der Waals surface area (Å²) in [6.45, 7) is 2.02. The molecule has 1 amide bonds. The Hall–Kier alpha value is -2.63. The largest absolute Gasteiger partial charge is 0.348 e. The van der Waals surface area contributed by atoms with Gasteiger partial charge < -0.3 is 9.72 Å². The number of aromatic nitrogens is 4. The number of amides is 1. The summed E-state index contributed by atoms with van der Waals surface area (Å²) >= 11 is 0. The van der Waals surface area contributed by atoms with Gasteiger partial charge in [-0.15, -0.1) is 0 Å². The highest BCUT2D eigenvalue weighted by molar-refractivity contribution is 5.93. The number of nitrogens with zero attached hydrogens (tertiary/aromatic N) is 3. The van der Waals surface area contributed by atoms with E-state index in [1.54, 1.807) is 6.20 Å². The van der Waals surface area contributed by atoms with Crippen LogP contribution in [0.1, 0.15) is 33.7 Å². The number of carbonyl (C=O) groups excluding carboxylic acids is 1. The number of H-pyrrole nitrogens is 1. The zero-order valence-electron chi connectivity index (χ0n) is 12.3. The molecular weight excluding hydrogens is 278 g/mol. The molecular formula is C16H17N5O. The van der Waals surface area contributed by atoms with E-state index < -0.39 is 0 Å². The zero-order chi connectivity index (χ0) is 15.1. The monoisotopic (exact) mass is 295 g/mol. The molecule has 0 unspecified atom stereocenters. The lowest BCUT2D eigenvalue weighted by Crippen LogP contribution is -2.38. The highest BCUT2D eigenvalue weighted by Crippen LogP contribution is 2.19. The third kappa shape index (κ3) is 2.26. The number of aromatic amines is 1.